The van der Waals surface area contributed by atoms with E-state index in [9.17, 15) is 9.59 Å². The number of aromatic amines is 1. The van der Waals surface area contributed by atoms with Crippen molar-refractivity contribution in [1.82, 2.24) is 20.6 Å². The van der Waals surface area contributed by atoms with Crippen molar-refractivity contribution in [2.24, 2.45) is 5.73 Å². The lowest BCUT2D eigenvalue weighted by Crippen LogP contribution is -2.47. The zero-order valence-electron chi connectivity index (χ0n) is 9.69. The number of aromatic nitrogens is 2. The SMILES string of the molecule is CNC(=O)[C@H](Cc1cnc[nH]1)NC(=O)CCN. The fourth-order valence-corrected chi connectivity index (χ4v) is 1.40. The van der Waals surface area contributed by atoms with Gasteiger partial charge in [-0.05, 0) is 0 Å². The first-order chi connectivity index (χ1) is 8.17. The molecule has 0 aliphatic rings. The molecular formula is C10H17N5O2. The molecular weight excluding hydrogens is 222 g/mol. The van der Waals surface area contributed by atoms with Crippen LogP contribution in [0.15, 0.2) is 12.5 Å². The normalized spacial score (nSPS) is 11.9. The number of nitrogens with two attached hydrogens (primary N) is 1. The molecule has 1 heterocycles. The van der Waals surface area contributed by atoms with Crippen molar-refractivity contribution in [1.29, 1.82) is 0 Å². The first kappa shape index (κ1) is 13.2. The van der Waals surface area contributed by atoms with Crippen LogP contribution in [0.25, 0.3) is 0 Å². The Labute approximate surface area is 99.2 Å². The van der Waals surface area contributed by atoms with Crippen LogP contribution in [0.4, 0.5) is 0 Å². The van der Waals surface area contributed by atoms with Gasteiger partial charge in [0.1, 0.15) is 6.04 Å². The highest BCUT2D eigenvalue weighted by Gasteiger charge is 2.20. The fraction of sp³-hybridized carbons (Fsp3) is 0.500. The zero-order valence-corrected chi connectivity index (χ0v) is 9.69. The molecule has 0 aliphatic carbocycles. The van der Waals surface area contributed by atoms with Gasteiger partial charge < -0.3 is 21.4 Å². The van der Waals surface area contributed by atoms with Crippen molar-refractivity contribution >= 4 is 11.8 Å². The predicted molar refractivity (Wildman–Crippen MR) is 62.0 cm³/mol. The van der Waals surface area contributed by atoms with E-state index >= 15 is 0 Å². The van der Waals surface area contributed by atoms with Crippen LogP contribution in [-0.4, -0.2) is 41.4 Å². The fourth-order valence-electron chi connectivity index (χ4n) is 1.40. The summed E-state index contributed by atoms with van der Waals surface area (Å²) in [6, 6.07) is -0.612. The van der Waals surface area contributed by atoms with Crippen LogP contribution < -0.4 is 16.4 Å². The Morgan fingerprint density at radius 2 is 2.35 bits per heavy atom. The molecule has 0 spiro atoms. The number of imidazole rings is 1. The van der Waals surface area contributed by atoms with Gasteiger partial charge in [-0.25, -0.2) is 4.98 Å². The Bertz CT molecular complexity index is 363. The second-order valence-electron chi connectivity index (χ2n) is 3.55. The van der Waals surface area contributed by atoms with Gasteiger partial charge in [0.05, 0.1) is 6.33 Å². The van der Waals surface area contributed by atoms with Crippen LogP contribution in [-0.2, 0) is 16.0 Å². The van der Waals surface area contributed by atoms with E-state index in [0.29, 0.717) is 6.42 Å². The molecule has 7 nitrogen and oxygen atoms in total. The number of H-pyrrole nitrogens is 1. The molecule has 1 rings (SSSR count). The molecule has 1 atom stereocenters. The molecule has 1 aromatic rings. The van der Waals surface area contributed by atoms with E-state index in [-0.39, 0.29) is 24.8 Å². The smallest absolute Gasteiger partial charge is 0.242 e. The predicted octanol–water partition coefficient (Wildman–Crippen LogP) is -1.47. The summed E-state index contributed by atoms with van der Waals surface area (Å²) >= 11 is 0. The van der Waals surface area contributed by atoms with Gasteiger partial charge in [0, 0.05) is 38.3 Å². The Morgan fingerprint density at radius 1 is 1.59 bits per heavy atom. The zero-order chi connectivity index (χ0) is 12.7. The van der Waals surface area contributed by atoms with Crippen molar-refractivity contribution in [3.05, 3.63) is 18.2 Å². The molecule has 17 heavy (non-hydrogen) atoms. The van der Waals surface area contributed by atoms with Crippen molar-refractivity contribution in [2.45, 2.75) is 18.9 Å². The number of hydrogen-bond donors (Lipinski definition) is 4. The molecule has 0 fully saturated rings. The van der Waals surface area contributed by atoms with E-state index in [2.05, 4.69) is 20.6 Å². The molecule has 0 aliphatic heterocycles. The minimum absolute atomic E-state index is 0.205. The third-order valence-electron chi connectivity index (χ3n) is 2.25. The van der Waals surface area contributed by atoms with Crippen molar-refractivity contribution in [3.8, 4) is 0 Å². The van der Waals surface area contributed by atoms with Crippen molar-refractivity contribution < 1.29 is 9.59 Å². The van der Waals surface area contributed by atoms with Crippen LogP contribution >= 0.6 is 0 Å². The standard InChI is InChI=1S/C10H17N5O2/c1-12-10(17)8(15-9(16)2-3-11)4-7-5-13-6-14-7/h5-6,8H,2-4,11H2,1H3,(H,12,17)(H,13,14)(H,15,16)/t8-/m0/s1. The van der Waals surface area contributed by atoms with Crippen molar-refractivity contribution in [2.75, 3.05) is 13.6 Å². The maximum absolute atomic E-state index is 11.6. The number of nitrogens with zero attached hydrogens (tertiary/aromatic N) is 1. The average Bonchev–Trinajstić information content (AvgIpc) is 2.80. The highest BCUT2D eigenvalue weighted by molar-refractivity contribution is 5.87. The summed E-state index contributed by atoms with van der Waals surface area (Å²) in [7, 11) is 1.53. The van der Waals surface area contributed by atoms with Gasteiger partial charge in [-0.15, -0.1) is 0 Å². The molecule has 0 saturated carbocycles. The first-order valence-corrected chi connectivity index (χ1v) is 5.35. The Morgan fingerprint density at radius 3 is 2.88 bits per heavy atom. The van der Waals surface area contributed by atoms with Gasteiger partial charge in [-0.1, -0.05) is 0 Å². The van der Waals surface area contributed by atoms with Gasteiger partial charge in [-0.2, -0.15) is 0 Å². The molecule has 5 N–H and O–H groups in total. The Hall–Kier alpha value is -1.89. The number of nitrogens with one attached hydrogen (secondary N) is 3. The van der Waals surface area contributed by atoms with Gasteiger partial charge >= 0.3 is 0 Å². The number of hydrogen-bond acceptors (Lipinski definition) is 4. The van der Waals surface area contributed by atoms with Crippen LogP contribution in [0.2, 0.25) is 0 Å². The maximum atomic E-state index is 11.6. The van der Waals surface area contributed by atoms with E-state index in [1.165, 1.54) is 13.4 Å². The number of rotatable bonds is 6. The van der Waals surface area contributed by atoms with Crippen LogP contribution in [0.5, 0.6) is 0 Å². The van der Waals surface area contributed by atoms with Gasteiger partial charge in [0.25, 0.3) is 0 Å². The molecule has 7 heteroatoms. The van der Waals surface area contributed by atoms with Crippen LogP contribution in [0, 0.1) is 0 Å². The number of carbonyl (C=O) groups is 2. The molecule has 0 radical (unpaired) electrons. The third kappa shape index (κ3) is 4.23. The summed E-state index contributed by atoms with van der Waals surface area (Å²) in [4.78, 5) is 29.7. The molecule has 94 valence electrons. The van der Waals surface area contributed by atoms with Gasteiger partial charge in [0.2, 0.25) is 11.8 Å². The largest absolute Gasteiger partial charge is 0.357 e. The molecule has 0 unspecified atom stereocenters. The lowest BCUT2D eigenvalue weighted by Gasteiger charge is -2.16. The Kier molecular flexibility index (Phi) is 5.15. The minimum Gasteiger partial charge on any atom is -0.357 e. The summed E-state index contributed by atoms with van der Waals surface area (Å²) in [5.41, 5.74) is 6.06. The lowest BCUT2D eigenvalue weighted by molar-refractivity contribution is -0.128. The maximum Gasteiger partial charge on any atom is 0.242 e. The number of amides is 2. The molecule has 0 aromatic carbocycles. The van der Waals surface area contributed by atoms with Crippen molar-refractivity contribution in [3.63, 3.8) is 0 Å². The van der Waals surface area contributed by atoms with Crippen LogP contribution in [0.3, 0.4) is 0 Å². The molecule has 0 saturated heterocycles. The second-order valence-corrected chi connectivity index (χ2v) is 3.55. The first-order valence-electron chi connectivity index (χ1n) is 5.35. The minimum atomic E-state index is -0.612. The quantitative estimate of drug-likeness (QED) is 0.485. The third-order valence-corrected chi connectivity index (χ3v) is 2.25. The highest BCUT2D eigenvalue weighted by Crippen LogP contribution is 1.99. The topological polar surface area (TPSA) is 113 Å². The van der Waals surface area contributed by atoms with E-state index in [0.717, 1.165) is 5.69 Å². The summed E-state index contributed by atoms with van der Waals surface area (Å²) in [5.74, 6) is -0.481. The monoisotopic (exact) mass is 239 g/mol. The molecule has 2 amide bonds. The van der Waals surface area contributed by atoms with Crippen LogP contribution in [0.1, 0.15) is 12.1 Å². The van der Waals surface area contributed by atoms with E-state index in [1.54, 1.807) is 6.20 Å². The summed E-state index contributed by atoms with van der Waals surface area (Å²) in [5, 5.41) is 5.13. The van der Waals surface area contributed by atoms with Gasteiger partial charge in [0.15, 0.2) is 0 Å². The number of carbonyl (C=O) groups excluding carboxylic acids is 2. The van der Waals surface area contributed by atoms with Gasteiger partial charge in [-0.3, -0.25) is 9.59 Å². The molecule has 0 bridgehead atoms. The van der Waals surface area contributed by atoms with E-state index in [1.807, 2.05) is 0 Å². The summed E-state index contributed by atoms with van der Waals surface area (Å²) in [6.07, 6.45) is 3.72. The summed E-state index contributed by atoms with van der Waals surface area (Å²) < 4.78 is 0. The number of likely N-dealkylation sites (N-methyl/N-ethyl adjacent to an activating group) is 1. The average molecular weight is 239 g/mol. The Balaban J connectivity index is 2.60. The summed E-state index contributed by atoms with van der Waals surface area (Å²) in [6.45, 7) is 0.260. The van der Waals surface area contributed by atoms with E-state index in [4.69, 9.17) is 5.73 Å². The second kappa shape index (κ2) is 6.64. The lowest BCUT2D eigenvalue weighted by atomic mass is 10.1. The highest BCUT2D eigenvalue weighted by atomic mass is 16.2. The van der Waals surface area contributed by atoms with E-state index < -0.39 is 6.04 Å². The molecule has 1 aromatic heterocycles.